The van der Waals surface area contributed by atoms with Crippen molar-refractivity contribution in [2.24, 2.45) is 0 Å². The molecule has 0 amide bonds. The Balaban J connectivity index is 1.67. The van der Waals surface area contributed by atoms with Crippen LogP contribution in [0.1, 0.15) is 47.9 Å². The number of nitrogens with one attached hydrogen (secondary N) is 1. The highest BCUT2D eigenvalue weighted by Gasteiger charge is 2.47. The largest absolute Gasteiger partial charge is 0.500 e. The van der Waals surface area contributed by atoms with Gasteiger partial charge in [0, 0.05) is 60.8 Å². The number of rotatable bonds is 25. The zero-order valence-corrected chi connectivity index (χ0v) is 36.2. The summed E-state index contributed by atoms with van der Waals surface area (Å²) in [4.78, 5) is 0. The lowest BCUT2D eigenvalue weighted by Gasteiger charge is -2.44. The Kier molecular flexibility index (Phi) is 18.6. The first-order valence-electron chi connectivity index (χ1n) is 17.6. The van der Waals surface area contributed by atoms with E-state index in [2.05, 4.69) is 73.5 Å². The van der Waals surface area contributed by atoms with Gasteiger partial charge in [0.05, 0.1) is 0 Å². The average Bonchev–Trinajstić information content (AvgIpc) is 3.67. The van der Waals surface area contributed by atoms with E-state index < -0.39 is 31.5 Å². The van der Waals surface area contributed by atoms with Crippen LogP contribution in [0.3, 0.4) is 0 Å². The summed E-state index contributed by atoms with van der Waals surface area (Å²) < 4.78 is 40.7. The molecule has 1 saturated heterocycles. The van der Waals surface area contributed by atoms with Gasteiger partial charge in [-0.2, -0.15) is 23.5 Å². The number of hydrogen-bond donors (Lipinski definition) is 1. The number of hydrogen-bond acceptors (Lipinski definition) is 10. The van der Waals surface area contributed by atoms with Crippen molar-refractivity contribution in [3.05, 3.63) is 70.8 Å². The van der Waals surface area contributed by atoms with Gasteiger partial charge in [0.1, 0.15) is 5.60 Å². The van der Waals surface area contributed by atoms with E-state index in [-0.39, 0.29) is 6.04 Å². The molecule has 0 saturated carbocycles. The molecule has 1 heterocycles. The van der Waals surface area contributed by atoms with Crippen LogP contribution in [-0.2, 0) is 49.4 Å². The van der Waals surface area contributed by atoms with Crippen molar-refractivity contribution < 1.29 is 31.0 Å². The molecule has 49 heavy (non-hydrogen) atoms. The fourth-order valence-electron chi connectivity index (χ4n) is 6.59. The normalized spacial score (nSPS) is 16.1. The quantitative estimate of drug-likeness (QED) is 0.0806. The molecular formula is C36H63NO7S2Si3. The summed E-state index contributed by atoms with van der Waals surface area (Å²) in [7, 11) is 3.17. The van der Waals surface area contributed by atoms with Gasteiger partial charge in [0.2, 0.25) is 0 Å². The van der Waals surface area contributed by atoms with Crippen LogP contribution in [-0.4, -0.2) is 104 Å². The highest BCUT2D eigenvalue weighted by Crippen LogP contribution is 2.43. The molecular weight excluding hydrogens is 707 g/mol. The molecule has 0 bridgehead atoms. The van der Waals surface area contributed by atoms with Crippen LogP contribution in [0.25, 0.3) is 0 Å². The van der Waals surface area contributed by atoms with Crippen LogP contribution < -0.4 is 5.32 Å². The molecule has 1 aliphatic rings. The molecule has 13 heteroatoms. The van der Waals surface area contributed by atoms with Crippen LogP contribution >= 0.6 is 23.5 Å². The Bertz CT molecular complexity index is 1100. The van der Waals surface area contributed by atoms with Gasteiger partial charge in [-0.05, 0) is 110 Å². The van der Waals surface area contributed by atoms with Crippen molar-refractivity contribution in [1.29, 1.82) is 0 Å². The summed E-state index contributed by atoms with van der Waals surface area (Å²) in [6.07, 6.45) is 6.38. The van der Waals surface area contributed by atoms with Crippen LogP contribution in [0.2, 0.25) is 31.7 Å². The molecule has 0 unspecified atom stereocenters. The number of aryl methyl sites for hydroxylation is 2. The van der Waals surface area contributed by atoms with E-state index in [4.69, 9.17) is 31.0 Å². The average molecular weight is 770 g/mol. The van der Waals surface area contributed by atoms with E-state index in [1.807, 2.05) is 23.5 Å². The molecule has 278 valence electrons. The summed E-state index contributed by atoms with van der Waals surface area (Å²) in [5.41, 5.74) is 4.69. The second-order valence-electron chi connectivity index (χ2n) is 13.5. The Labute approximate surface area is 309 Å². The molecule has 1 N–H and O–H groups in total. The SMILES string of the molecule is CO[Si](CCCSCCc1ccc(C(O[Si](C)(C)C)(c2ccc(CCSCCC[Si](OC)(OC)OC)cc2)[C@@H]2CCCN2)cc1)(OC)OC. The van der Waals surface area contributed by atoms with Gasteiger partial charge in [-0.25, -0.2) is 0 Å². The van der Waals surface area contributed by atoms with E-state index in [9.17, 15) is 0 Å². The van der Waals surface area contributed by atoms with Crippen molar-refractivity contribution in [2.75, 3.05) is 72.2 Å². The highest BCUT2D eigenvalue weighted by atomic mass is 32.2. The van der Waals surface area contributed by atoms with E-state index in [0.29, 0.717) is 0 Å². The molecule has 8 nitrogen and oxygen atoms in total. The predicted molar refractivity (Wildman–Crippen MR) is 214 cm³/mol. The molecule has 0 radical (unpaired) electrons. The lowest BCUT2D eigenvalue weighted by atomic mass is 9.79. The van der Waals surface area contributed by atoms with Crippen molar-refractivity contribution in [3.8, 4) is 0 Å². The van der Waals surface area contributed by atoms with E-state index >= 15 is 0 Å². The molecule has 1 aliphatic heterocycles. The first kappa shape index (κ1) is 42.9. The molecule has 0 aliphatic carbocycles. The molecule has 3 rings (SSSR count). The molecule has 1 fully saturated rings. The molecule has 2 aromatic carbocycles. The third-order valence-corrected chi connectivity index (χ3v) is 18.0. The van der Waals surface area contributed by atoms with Gasteiger partial charge < -0.3 is 36.3 Å². The van der Waals surface area contributed by atoms with E-state index in [0.717, 1.165) is 80.2 Å². The third kappa shape index (κ3) is 12.5. The van der Waals surface area contributed by atoms with Gasteiger partial charge in [-0.15, -0.1) is 0 Å². The first-order chi connectivity index (χ1) is 23.5. The zero-order chi connectivity index (χ0) is 35.8. The van der Waals surface area contributed by atoms with Gasteiger partial charge in [0.25, 0.3) is 0 Å². The minimum atomic E-state index is -2.48. The summed E-state index contributed by atoms with van der Waals surface area (Å²) in [5, 5.41) is 3.84. The second-order valence-corrected chi connectivity index (χ2v) is 26.6. The molecule has 1 atom stereocenters. The highest BCUT2D eigenvalue weighted by molar-refractivity contribution is 7.99. The van der Waals surface area contributed by atoms with Crippen molar-refractivity contribution in [3.63, 3.8) is 0 Å². The van der Waals surface area contributed by atoms with Crippen LogP contribution in [0.5, 0.6) is 0 Å². The maximum Gasteiger partial charge on any atom is 0.500 e. The van der Waals surface area contributed by atoms with Crippen LogP contribution in [0, 0.1) is 0 Å². The third-order valence-electron chi connectivity index (χ3n) is 9.26. The van der Waals surface area contributed by atoms with Gasteiger partial charge >= 0.3 is 17.6 Å². The fraction of sp³-hybridized carbons (Fsp3) is 0.667. The topological polar surface area (TPSA) is 76.6 Å². The van der Waals surface area contributed by atoms with Crippen molar-refractivity contribution in [2.45, 2.75) is 81.9 Å². The molecule has 0 aromatic heterocycles. The summed E-state index contributed by atoms with van der Waals surface area (Å²) in [6, 6.07) is 20.5. The lowest BCUT2D eigenvalue weighted by Crippen LogP contribution is -2.53. The van der Waals surface area contributed by atoms with Crippen LogP contribution in [0.4, 0.5) is 0 Å². The van der Waals surface area contributed by atoms with E-state index in [1.165, 1.54) is 22.3 Å². The van der Waals surface area contributed by atoms with Gasteiger partial charge in [-0.3, -0.25) is 0 Å². The van der Waals surface area contributed by atoms with Crippen molar-refractivity contribution >= 4 is 49.5 Å². The zero-order valence-electron chi connectivity index (χ0n) is 31.6. The maximum atomic E-state index is 7.34. The number of thioether (sulfide) groups is 2. The molecule has 0 spiro atoms. The number of benzene rings is 2. The van der Waals surface area contributed by atoms with Crippen LogP contribution in [0.15, 0.2) is 48.5 Å². The molecule has 2 aromatic rings. The Morgan fingerprint density at radius 1 is 0.633 bits per heavy atom. The van der Waals surface area contributed by atoms with E-state index in [1.54, 1.807) is 42.7 Å². The minimum absolute atomic E-state index is 0.228. The Hall–Kier alpha value is -0.529. The first-order valence-corrected chi connectivity index (χ1v) is 27.2. The fourth-order valence-corrected chi connectivity index (χ4v) is 13.8. The summed E-state index contributed by atoms with van der Waals surface area (Å²) >= 11 is 3.96. The predicted octanol–water partition coefficient (Wildman–Crippen LogP) is 7.62. The smallest absolute Gasteiger partial charge is 0.403 e. The van der Waals surface area contributed by atoms with Gasteiger partial charge in [0.15, 0.2) is 8.32 Å². The summed E-state index contributed by atoms with van der Waals surface area (Å²) in [6.45, 7) is 7.96. The summed E-state index contributed by atoms with van der Waals surface area (Å²) in [5.74, 6) is 4.29. The monoisotopic (exact) mass is 769 g/mol. The maximum absolute atomic E-state index is 7.34. The second kappa shape index (κ2) is 21.2. The lowest BCUT2D eigenvalue weighted by molar-refractivity contribution is 0.0639. The Morgan fingerprint density at radius 3 is 1.37 bits per heavy atom. The standard InChI is InChI=1S/C36H63NO7S2Si3/c1-38-48(39-2,40-3)29-11-25-45-27-22-31-14-18-33(19-15-31)36(44-47(7,8)9,35-13-10-24-37-35)34-20-16-32(17-21-34)23-28-46-26-12-30-49(41-4,42-5)43-6/h14-21,35,37H,10-13,22-30H2,1-9H3/t35-/m0/s1. The minimum Gasteiger partial charge on any atom is -0.403 e. The Morgan fingerprint density at radius 2 is 1.04 bits per heavy atom. The van der Waals surface area contributed by atoms with Gasteiger partial charge in [-0.1, -0.05) is 48.5 Å². The van der Waals surface area contributed by atoms with Crippen molar-refractivity contribution in [1.82, 2.24) is 5.32 Å².